The predicted octanol–water partition coefficient (Wildman–Crippen LogP) is 3.57. The summed E-state index contributed by atoms with van der Waals surface area (Å²) in [6.07, 6.45) is 1.97. The zero-order valence-corrected chi connectivity index (χ0v) is 19.1. The average Bonchev–Trinajstić information content (AvgIpc) is 2.62. The Bertz CT molecular complexity index is 822. The number of aliphatic imine (C=N–C) groups is 1. The van der Waals surface area contributed by atoms with Crippen LogP contribution in [0.1, 0.15) is 31.0 Å². The van der Waals surface area contributed by atoms with Crippen molar-refractivity contribution < 1.29 is 8.42 Å². The van der Waals surface area contributed by atoms with Gasteiger partial charge < -0.3 is 10.6 Å². The molecule has 1 atom stereocenters. The lowest BCUT2D eigenvalue weighted by Crippen LogP contribution is -2.38. The zero-order valence-electron chi connectivity index (χ0n) is 16.0. The molecule has 5 nitrogen and oxygen atoms in total. The Morgan fingerprint density at radius 3 is 2.26 bits per heavy atom. The minimum Gasteiger partial charge on any atom is -0.357 e. The quantitative estimate of drug-likeness (QED) is 0.346. The van der Waals surface area contributed by atoms with Gasteiger partial charge in [-0.3, -0.25) is 4.99 Å². The maximum Gasteiger partial charge on any atom is 0.191 e. The Labute approximate surface area is 179 Å². The summed E-state index contributed by atoms with van der Waals surface area (Å²) in [5, 5.41) is 6.67. The number of halogens is 1. The fraction of sp³-hybridized carbons (Fsp3) is 0.350. The van der Waals surface area contributed by atoms with Gasteiger partial charge in [-0.05, 0) is 43.5 Å². The molecule has 0 amide bonds. The van der Waals surface area contributed by atoms with E-state index in [1.807, 2.05) is 37.3 Å². The van der Waals surface area contributed by atoms with Crippen molar-refractivity contribution in [2.75, 3.05) is 19.3 Å². The molecule has 7 heteroatoms. The predicted molar refractivity (Wildman–Crippen MR) is 123 cm³/mol. The number of nitrogens with one attached hydrogen (secondary N) is 2. The van der Waals surface area contributed by atoms with Gasteiger partial charge in [-0.15, -0.1) is 24.0 Å². The van der Waals surface area contributed by atoms with Crippen molar-refractivity contribution in [1.82, 2.24) is 10.6 Å². The van der Waals surface area contributed by atoms with Gasteiger partial charge in [0.05, 0.1) is 10.9 Å². The lowest BCUT2D eigenvalue weighted by molar-refractivity contribution is 0.602. The van der Waals surface area contributed by atoms with E-state index in [9.17, 15) is 8.42 Å². The lowest BCUT2D eigenvalue weighted by Gasteiger charge is -2.18. The SMILES string of the molecule is CCNC(=NCCc1ccc(S(C)(=O)=O)cc1)NC(C)c1ccccc1.I. The Hall–Kier alpha value is -1.61. The summed E-state index contributed by atoms with van der Waals surface area (Å²) in [5.74, 6) is 0.775. The molecule has 2 N–H and O–H groups in total. The van der Waals surface area contributed by atoms with Crippen LogP contribution in [0.3, 0.4) is 0 Å². The van der Waals surface area contributed by atoms with Gasteiger partial charge in [0.15, 0.2) is 15.8 Å². The van der Waals surface area contributed by atoms with Crippen LogP contribution in [0.25, 0.3) is 0 Å². The number of benzene rings is 2. The van der Waals surface area contributed by atoms with Crippen molar-refractivity contribution in [3.8, 4) is 0 Å². The monoisotopic (exact) mass is 501 g/mol. The molecule has 0 radical (unpaired) electrons. The highest BCUT2D eigenvalue weighted by molar-refractivity contribution is 14.0. The first-order valence-corrected chi connectivity index (χ1v) is 10.7. The Morgan fingerprint density at radius 1 is 1.07 bits per heavy atom. The molecular formula is C20H28IN3O2S. The molecule has 148 valence electrons. The lowest BCUT2D eigenvalue weighted by atomic mass is 10.1. The van der Waals surface area contributed by atoms with Crippen LogP contribution >= 0.6 is 24.0 Å². The van der Waals surface area contributed by atoms with E-state index >= 15 is 0 Å². The third-order valence-corrected chi connectivity index (χ3v) is 5.15. The van der Waals surface area contributed by atoms with Gasteiger partial charge in [-0.2, -0.15) is 0 Å². The second kappa shape index (κ2) is 11.3. The van der Waals surface area contributed by atoms with Gasteiger partial charge in [-0.25, -0.2) is 8.42 Å². The highest BCUT2D eigenvalue weighted by atomic mass is 127. The van der Waals surface area contributed by atoms with Crippen molar-refractivity contribution in [2.45, 2.75) is 31.2 Å². The molecule has 2 aromatic carbocycles. The molecule has 2 aromatic rings. The van der Waals surface area contributed by atoms with E-state index in [-0.39, 0.29) is 30.0 Å². The maximum absolute atomic E-state index is 11.5. The number of hydrogen-bond donors (Lipinski definition) is 2. The Balaban J connectivity index is 0.00000364. The molecule has 0 saturated heterocycles. The number of nitrogens with zero attached hydrogens (tertiary/aromatic N) is 1. The van der Waals surface area contributed by atoms with Crippen LogP contribution in [-0.2, 0) is 16.3 Å². The van der Waals surface area contributed by atoms with Gasteiger partial charge in [0.25, 0.3) is 0 Å². The van der Waals surface area contributed by atoms with Crippen molar-refractivity contribution in [2.24, 2.45) is 4.99 Å². The molecule has 0 saturated carbocycles. The normalized spacial score (nSPS) is 12.8. The second-order valence-corrected chi connectivity index (χ2v) is 8.22. The van der Waals surface area contributed by atoms with Gasteiger partial charge in [0.2, 0.25) is 0 Å². The summed E-state index contributed by atoms with van der Waals surface area (Å²) in [7, 11) is -3.15. The molecule has 0 spiro atoms. The highest BCUT2D eigenvalue weighted by Gasteiger charge is 2.08. The summed E-state index contributed by atoms with van der Waals surface area (Å²) in [6, 6.07) is 17.4. The summed E-state index contributed by atoms with van der Waals surface area (Å²) >= 11 is 0. The summed E-state index contributed by atoms with van der Waals surface area (Å²) < 4.78 is 23.0. The first-order chi connectivity index (χ1) is 12.4. The molecule has 1 unspecified atom stereocenters. The first-order valence-electron chi connectivity index (χ1n) is 8.79. The fourth-order valence-electron chi connectivity index (χ4n) is 2.55. The van der Waals surface area contributed by atoms with Crippen LogP contribution < -0.4 is 10.6 Å². The van der Waals surface area contributed by atoms with E-state index in [2.05, 4.69) is 34.7 Å². The van der Waals surface area contributed by atoms with E-state index in [1.165, 1.54) is 11.8 Å². The summed E-state index contributed by atoms with van der Waals surface area (Å²) in [6.45, 7) is 5.55. The molecule has 0 aromatic heterocycles. The van der Waals surface area contributed by atoms with Gasteiger partial charge in [0, 0.05) is 19.3 Å². The molecule has 0 aliphatic carbocycles. The zero-order chi connectivity index (χ0) is 19.0. The van der Waals surface area contributed by atoms with Crippen LogP contribution in [0.4, 0.5) is 0 Å². The Kier molecular flexibility index (Phi) is 9.79. The van der Waals surface area contributed by atoms with Crippen molar-refractivity contribution in [1.29, 1.82) is 0 Å². The van der Waals surface area contributed by atoms with Crippen LogP contribution in [0, 0.1) is 0 Å². The third kappa shape index (κ3) is 7.88. The standard InChI is InChI=1S/C20H27N3O2S.HI/c1-4-21-20(23-16(2)18-8-6-5-7-9-18)22-15-14-17-10-12-19(13-11-17)26(3,24)25;/h5-13,16H,4,14-15H2,1-3H3,(H2,21,22,23);1H. The Morgan fingerprint density at radius 2 is 1.70 bits per heavy atom. The molecule has 0 fully saturated rings. The van der Waals surface area contributed by atoms with Crippen LogP contribution in [0.5, 0.6) is 0 Å². The van der Waals surface area contributed by atoms with E-state index in [0.717, 1.165) is 24.5 Å². The minimum atomic E-state index is -3.15. The van der Waals surface area contributed by atoms with Crippen molar-refractivity contribution in [3.63, 3.8) is 0 Å². The summed E-state index contributed by atoms with van der Waals surface area (Å²) in [5.41, 5.74) is 2.27. The van der Waals surface area contributed by atoms with Crippen molar-refractivity contribution in [3.05, 3.63) is 65.7 Å². The van der Waals surface area contributed by atoms with Gasteiger partial charge >= 0.3 is 0 Å². The molecule has 0 heterocycles. The molecule has 27 heavy (non-hydrogen) atoms. The molecule has 0 aliphatic rings. The number of guanidine groups is 1. The van der Waals surface area contributed by atoms with Crippen LogP contribution in [-0.4, -0.2) is 33.7 Å². The second-order valence-electron chi connectivity index (χ2n) is 6.20. The number of rotatable bonds is 7. The number of hydrogen-bond acceptors (Lipinski definition) is 3. The molecule has 0 aliphatic heterocycles. The molecule has 0 bridgehead atoms. The molecular weight excluding hydrogens is 473 g/mol. The molecule has 2 rings (SSSR count). The number of sulfone groups is 1. The van der Waals surface area contributed by atoms with Crippen LogP contribution in [0.2, 0.25) is 0 Å². The highest BCUT2D eigenvalue weighted by Crippen LogP contribution is 2.12. The average molecular weight is 501 g/mol. The maximum atomic E-state index is 11.5. The largest absolute Gasteiger partial charge is 0.357 e. The van der Waals surface area contributed by atoms with E-state index in [0.29, 0.717) is 11.4 Å². The third-order valence-electron chi connectivity index (χ3n) is 4.02. The topological polar surface area (TPSA) is 70.6 Å². The first kappa shape index (κ1) is 23.4. The fourth-order valence-corrected chi connectivity index (χ4v) is 3.18. The van der Waals surface area contributed by atoms with Gasteiger partial charge in [-0.1, -0.05) is 42.5 Å². The van der Waals surface area contributed by atoms with E-state index < -0.39 is 9.84 Å². The van der Waals surface area contributed by atoms with E-state index in [1.54, 1.807) is 12.1 Å². The minimum absolute atomic E-state index is 0. The van der Waals surface area contributed by atoms with Gasteiger partial charge in [0.1, 0.15) is 0 Å². The summed E-state index contributed by atoms with van der Waals surface area (Å²) in [4.78, 5) is 4.97. The smallest absolute Gasteiger partial charge is 0.191 e. The van der Waals surface area contributed by atoms with Crippen molar-refractivity contribution >= 4 is 39.8 Å². The van der Waals surface area contributed by atoms with Crippen LogP contribution in [0.15, 0.2) is 64.5 Å². The van der Waals surface area contributed by atoms with E-state index in [4.69, 9.17) is 0 Å².